The predicted octanol–water partition coefficient (Wildman–Crippen LogP) is 4.14. The lowest BCUT2D eigenvalue weighted by Crippen LogP contribution is -1.77. The van der Waals surface area contributed by atoms with Gasteiger partial charge in [-0.15, -0.1) is 0 Å². The standard InChI is InChI=1S/C12H7BrN2OS/c13-8-7-14-6-5-11(8)17-12-15-9-3-1-2-4-10(9)16-12/h1-7H. The molecule has 3 rings (SSSR count). The van der Waals surface area contributed by atoms with Crippen molar-refractivity contribution in [2.24, 2.45) is 0 Å². The number of aromatic nitrogens is 2. The molecule has 0 aliphatic rings. The van der Waals surface area contributed by atoms with Gasteiger partial charge in [0, 0.05) is 21.8 Å². The lowest BCUT2D eigenvalue weighted by atomic mass is 10.3. The number of halogens is 1. The monoisotopic (exact) mass is 306 g/mol. The normalized spacial score (nSPS) is 10.9. The van der Waals surface area contributed by atoms with Crippen LogP contribution in [0.3, 0.4) is 0 Å². The van der Waals surface area contributed by atoms with E-state index in [1.807, 2.05) is 30.3 Å². The van der Waals surface area contributed by atoms with Gasteiger partial charge < -0.3 is 4.42 Å². The summed E-state index contributed by atoms with van der Waals surface area (Å²) in [7, 11) is 0. The molecule has 2 aromatic heterocycles. The molecule has 0 unspecified atom stereocenters. The number of oxazole rings is 1. The van der Waals surface area contributed by atoms with Gasteiger partial charge in [0.1, 0.15) is 5.52 Å². The summed E-state index contributed by atoms with van der Waals surface area (Å²) in [6, 6.07) is 9.65. The van der Waals surface area contributed by atoms with Gasteiger partial charge in [0.25, 0.3) is 5.22 Å². The van der Waals surface area contributed by atoms with Crippen molar-refractivity contribution in [2.75, 3.05) is 0 Å². The summed E-state index contributed by atoms with van der Waals surface area (Å²) < 4.78 is 6.57. The summed E-state index contributed by atoms with van der Waals surface area (Å²) in [5, 5.41) is 0.637. The minimum absolute atomic E-state index is 0.637. The molecular formula is C12H7BrN2OS. The van der Waals surface area contributed by atoms with E-state index in [2.05, 4.69) is 25.9 Å². The number of para-hydroxylation sites is 2. The van der Waals surface area contributed by atoms with Crippen LogP contribution in [0.1, 0.15) is 0 Å². The Morgan fingerprint density at radius 1 is 1.18 bits per heavy atom. The van der Waals surface area contributed by atoms with E-state index in [-0.39, 0.29) is 0 Å². The quantitative estimate of drug-likeness (QED) is 0.713. The van der Waals surface area contributed by atoms with Crippen molar-refractivity contribution in [3.05, 3.63) is 47.2 Å². The van der Waals surface area contributed by atoms with Crippen molar-refractivity contribution in [3.8, 4) is 0 Å². The Bertz CT molecular complexity index is 635. The summed E-state index contributed by atoms with van der Waals surface area (Å²) in [6.07, 6.45) is 3.50. The molecule has 5 heteroatoms. The summed E-state index contributed by atoms with van der Waals surface area (Å²) in [5.41, 5.74) is 1.68. The third kappa shape index (κ3) is 2.21. The molecule has 0 saturated heterocycles. The van der Waals surface area contributed by atoms with Crippen molar-refractivity contribution in [1.82, 2.24) is 9.97 Å². The van der Waals surface area contributed by atoms with Crippen molar-refractivity contribution < 1.29 is 4.42 Å². The van der Waals surface area contributed by atoms with Crippen molar-refractivity contribution in [3.63, 3.8) is 0 Å². The Morgan fingerprint density at radius 3 is 2.88 bits per heavy atom. The van der Waals surface area contributed by atoms with Gasteiger partial charge >= 0.3 is 0 Å². The van der Waals surface area contributed by atoms with E-state index in [9.17, 15) is 0 Å². The van der Waals surface area contributed by atoms with Crippen LogP contribution in [0.15, 0.2) is 61.7 Å². The zero-order chi connectivity index (χ0) is 11.7. The van der Waals surface area contributed by atoms with Crippen LogP contribution in [0.2, 0.25) is 0 Å². The van der Waals surface area contributed by atoms with Gasteiger partial charge in [0.05, 0.1) is 0 Å². The SMILES string of the molecule is Brc1cnccc1Sc1nc2ccccc2o1. The van der Waals surface area contributed by atoms with Gasteiger partial charge in [0.15, 0.2) is 5.58 Å². The molecule has 2 heterocycles. The molecule has 84 valence electrons. The van der Waals surface area contributed by atoms with Crippen LogP contribution in [-0.2, 0) is 0 Å². The van der Waals surface area contributed by atoms with Gasteiger partial charge in [-0.1, -0.05) is 12.1 Å². The maximum absolute atomic E-state index is 5.64. The first-order valence-corrected chi connectivity index (χ1v) is 6.57. The van der Waals surface area contributed by atoms with Crippen LogP contribution < -0.4 is 0 Å². The van der Waals surface area contributed by atoms with Gasteiger partial charge in [-0.2, -0.15) is 0 Å². The molecule has 0 radical (unpaired) electrons. The fourth-order valence-corrected chi connectivity index (χ4v) is 2.67. The minimum atomic E-state index is 0.637. The van der Waals surface area contributed by atoms with Crippen LogP contribution in [0.25, 0.3) is 11.1 Å². The topological polar surface area (TPSA) is 38.9 Å². The Balaban J connectivity index is 1.98. The van der Waals surface area contributed by atoms with E-state index in [1.165, 1.54) is 11.8 Å². The minimum Gasteiger partial charge on any atom is -0.431 e. The number of hydrogen-bond acceptors (Lipinski definition) is 4. The molecule has 0 N–H and O–H groups in total. The van der Waals surface area contributed by atoms with Crippen LogP contribution in [0.5, 0.6) is 0 Å². The summed E-state index contributed by atoms with van der Waals surface area (Å²) >= 11 is 4.92. The highest BCUT2D eigenvalue weighted by molar-refractivity contribution is 9.10. The third-order valence-electron chi connectivity index (χ3n) is 2.21. The maximum atomic E-state index is 5.64. The molecule has 0 saturated carbocycles. The Labute approximate surface area is 110 Å². The third-order valence-corrected chi connectivity index (χ3v) is 4.03. The molecule has 0 amide bonds. The molecule has 0 spiro atoms. The fraction of sp³-hybridized carbons (Fsp3) is 0. The second-order valence-electron chi connectivity index (χ2n) is 3.36. The first kappa shape index (κ1) is 10.8. The molecule has 0 bridgehead atoms. The highest BCUT2D eigenvalue weighted by atomic mass is 79.9. The number of rotatable bonds is 2. The van der Waals surface area contributed by atoms with Crippen LogP contribution in [0, 0.1) is 0 Å². The molecule has 17 heavy (non-hydrogen) atoms. The summed E-state index contributed by atoms with van der Waals surface area (Å²) in [5.74, 6) is 0. The molecule has 0 aliphatic heterocycles. The van der Waals surface area contributed by atoms with Crippen LogP contribution in [0.4, 0.5) is 0 Å². The Hall–Kier alpha value is -1.33. The van der Waals surface area contributed by atoms with E-state index in [4.69, 9.17) is 4.42 Å². The lowest BCUT2D eigenvalue weighted by molar-refractivity contribution is 0.489. The molecule has 3 nitrogen and oxygen atoms in total. The number of fused-ring (bicyclic) bond motifs is 1. The van der Waals surface area contributed by atoms with Gasteiger partial charge in [-0.25, -0.2) is 4.98 Å². The molecule has 0 atom stereocenters. The second kappa shape index (κ2) is 4.50. The smallest absolute Gasteiger partial charge is 0.261 e. The van der Waals surface area contributed by atoms with E-state index in [1.54, 1.807) is 12.4 Å². The van der Waals surface area contributed by atoms with E-state index in [0.29, 0.717) is 5.22 Å². The molecule has 0 fully saturated rings. The van der Waals surface area contributed by atoms with E-state index < -0.39 is 0 Å². The van der Waals surface area contributed by atoms with Gasteiger partial charge in [0.2, 0.25) is 0 Å². The van der Waals surface area contributed by atoms with Crippen LogP contribution in [-0.4, -0.2) is 9.97 Å². The van der Waals surface area contributed by atoms with Crippen LogP contribution >= 0.6 is 27.7 Å². The van der Waals surface area contributed by atoms with Gasteiger partial charge in [-0.05, 0) is 45.9 Å². The van der Waals surface area contributed by atoms with Gasteiger partial charge in [-0.3, -0.25) is 4.98 Å². The maximum Gasteiger partial charge on any atom is 0.261 e. The molecular weight excluding hydrogens is 300 g/mol. The number of benzene rings is 1. The first-order valence-electron chi connectivity index (χ1n) is 4.96. The molecule has 0 aliphatic carbocycles. The second-order valence-corrected chi connectivity index (χ2v) is 5.20. The molecule has 1 aromatic carbocycles. The van der Waals surface area contributed by atoms with Crippen molar-refractivity contribution in [1.29, 1.82) is 0 Å². The lowest BCUT2D eigenvalue weighted by Gasteiger charge is -1.98. The number of hydrogen-bond donors (Lipinski definition) is 0. The zero-order valence-corrected chi connectivity index (χ0v) is 11.0. The highest BCUT2D eigenvalue weighted by Crippen LogP contribution is 2.33. The zero-order valence-electron chi connectivity index (χ0n) is 8.63. The summed E-state index contributed by atoms with van der Waals surface area (Å²) in [6.45, 7) is 0. The number of pyridine rings is 1. The predicted molar refractivity (Wildman–Crippen MR) is 70.1 cm³/mol. The van der Waals surface area contributed by atoms with E-state index >= 15 is 0 Å². The largest absolute Gasteiger partial charge is 0.431 e. The Kier molecular flexibility index (Phi) is 2.86. The fourth-order valence-electron chi connectivity index (χ4n) is 1.43. The highest BCUT2D eigenvalue weighted by Gasteiger charge is 2.08. The average Bonchev–Trinajstić information content (AvgIpc) is 2.74. The van der Waals surface area contributed by atoms with E-state index in [0.717, 1.165) is 20.5 Å². The average molecular weight is 307 g/mol. The van der Waals surface area contributed by atoms with Crippen molar-refractivity contribution in [2.45, 2.75) is 10.1 Å². The molecule has 3 aromatic rings. The Morgan fingerprint density at radius 2 is 2.06 bits per heavy atom. The summed E-state index contributed by atoms with van der Waals surface area (Å²) in [4.78, 5) is 9.46. The van der Waals surface area contributed by atoms with Crippen molar-refractivity contribution >= 4 is 38.8 Å². The number of nitrogens with zero attached hydrogens (tertiary/aromatic N) is 2. The first-order chi connectivity index (χ1) is 8.33.